The quantitative estimate of drug-likeness (QED) is 0.832. The lowest BCUT2D eigenvalue weighted by Crippen LogP contribution is -2.54. The van der Waals surface area contributed by atoms with Crippen LogP contribution in [-0.4, -0.2) is 40.6 Å². The van der Waals surface area contributed by atoms with E-state index in [1.165, 1.54) is 19.3 Å². The van der Waals surface area contributed by atoms with Gasteiger partial charge in [-0.05, 0) is 43.9 Å². The number of piperidine rings is 1. The molecule has 114 valence electrons. The smallest absolute Gasteiger partial charge is 0.326 e. The van der Waals surface area contributed by atoms with Gasteiger partial charge in [0.25, 0.3) is 0 Å². The highest BCUT2D eigenvalue weighted by atomic mass is 16.4. The van der Waals surface area contributed by atoms with Crippen LogP contribution < -0.4 is 5.32 Å². The standard InChI is InChI=1S/C15H26N2O3/c1-10(2)9-12(14(18)19)16-15(20)17-8-4-6-11-5-3-7-13(11)17/h10-13H,3-9H2,1-2H3,(H,16,20)(H,18,19)/t11?,12-,13?/m1/s1. The summed E-state index contributed by atoms with van der Waals surface area (Å²) < 4.78 is 0. The largest absolute Gasteiger partial charge is 0.480 e. The molecule has 0 bridgehead atoms. The molecule has 1 saturated heterocycles. The van der Waals surface area contributed by atoms with Crippen LogP contribution in [0.3, 0.4) is 0 Å². The molecular formula is C15H26N2O3. The van der Waals surface area contributed by atoms with Gasteiger partial charge in [-0.15, -0.1) is 0 Å². The average Bonchev–Trinajstić information content (AvgIpc) is 2.84. The van der Waals surface area contributed by atoms with Crippen molar-refractivity contribution in [3.8, 4) is 0 Å². The van der Waals surface area contributed by atoms with Crippen molar-refractivity contribution in [2.24, 2.45) is 11.8 Å². The van der Waals surface area contributed by atoms with Crippen LogP contribution in [0.25, 0.3) is 0 Å². The summed E-state index contributed by atoms with van der Waals surface area (Å²) >= 11 is 0. The van der Waals surface area contributed by atoms with Crippen LogP contribution in [0, 0.1) is 11.8 Å². The monoisotopic (exact) mass is 282 g/mol. The Morgan fingerprint density at radius 1 is 1.25 bits per heavy atom. The van der Waals surface area contributed by atoms with E-state index in [0.717, 1.165) is 19.4 Å². The highest BCUT2D eigenvalue weighted by Crippen LogP contribution is 2.36. The molecule has 20 heavy (non-hydrogen) atoms. The van der Waals surface area contributed by atoms with Crippen molar-refractivity contribution in [3.63, 3.8) is 0 Å². The van der Waals surface area contributed by atoms with Gasteiger partial charge in [0.2, 0.25) is 0 Å². The predicted molar refractivity (Wildman–Crippen MR) is 76.5 cm³/mol. The van der Waals surface area contributed by atoms with E-state index >= 15 is 0 Å². The zero-order valence-corrected chi connectivity index (χ0v) is 12.5. The normalized spacial score (nSPS) is 27.2. The van der Waals surface area contributed by atoms with Gasteiger partial charge in [0.1, 0.15) is 6.04 Å². The lowest BCUT2D eigenvalue weighted by atomic mass is 9.92. The number of carbonyl (C=O) groups is 2. The third kappa shape index (κ3) is 3.44. The molecule has 0 aromatic heterocycles. The van der Waals surface area contributed by atoms with Gasteiger partial charge in [-0.1, -0.05) is 20.3 Å². The molecule has 0 aromatic rings. The second-order valence-electron chi connectivity index (χ2n) is 6.56. The van der Waals surface area contributed by atoms with Crippen molar-refractivity contribution < 1.29 is 14.7 Å². The van der Waals surface area contributed by atoms with Crippen molar-refractivity contribution in [2.75, 3.05) is 6.54 Å². The number of aliphatic carboxylic acids is 1. The maximum absolute atomic E-state index is 12.4. The Hall–Kier alpha value is -1.26. The summed E-state index contributed by atoms with van der Waals surface area (Å²) in [6.07, 6.45) is 6.19. The molecule has 0 spiro atoms. The van der Waals surface area contributed by atoms with Crippen LogP contribution in [0.5, 0.6) is 0 Å². The van der Waals surface area contributed by atoms with Gasteiger partial charge in [0.05, 0.1) is 0 Å². The zero-order valence-electron chi connectivity index (χ0n) is 12.5. The first-order valence-corrected chi connectivity index (χ1v) is 7.79. The third-order valence-electron chi connectivity index (χ3n) is 4.56. The van der Waals surface area contributed by atoms with E-state index < -0.39 is 12.0 Å². The van der Waals surface area contributed by atoms with Gasteiger partial charge in [0, 0.05) is 12.6 Å². The topological polar surface area (TPSA) is 69.6 Å². The van der Waals surface area contributed by atoms with Crippen molar-refractivity contribution >= 4 is 12.0 Å². The SMILES string of the molecule is CC(C)C[C@@H](NC(=O)N1CCCC2CCCC21)C(=O)O. The second kappa shape index (κ2) is 6.46. The highest BCUT2D eigenvalue weighted by molar-refractivity contribution is 5.82. The fraction of sp³-hybridized carbons (Fsp3) is 0.867. The molecule has 3 atom stereocenters. The number of fused-ring (bicyclic) bond motifs is 1. The molecule has 0 radical (unpaired) electrons. The number of hydrogen-bond donors (Lipinski definition) is 2. The van der Waals surface area contributed by atoms with Crippen molar-refractivity contribution in [1.82, 2.24) is 10.2 Å². The first kappa shape index (κ1) is 15.1. The lowest BCUT2D eigenvalue weighted by molar-refractivity contribution is -0.139. The van der Waals surface area contributed by atoms with E-state index in [-0.39, 0.29) is 11.9 Å². The summed E-state index contributed by atoms with van der Waals surface area (Å²) in [6, 6.07) is -0.629. The maximum Gasteiger partial charge on any atom is 0.326 e. The van der Waals surface area contributed by atoms with Crippen molar-refractivity contribution in [3.05, 3.63) is 0 Å². The molecule has 1 aliphatic heterocycles. The number of nitrogens with one attached hydrogen (secondary N) is 1. The van der Waals surface area contributed by atoms with Gasteiger partial charge in [-0.3, -0.25) is 0 Å². The lowest BCUT2D eigenvalue weighted by Gasteiger charge is -2.38. The molecule has 1 aliphatic carbocycles. The van der Waals surface area contributed by atoms with Gasteiger partial charge in [0.15, 0.2) is 0 Å². The number of likely N-dealkylation sites (tertiary alicyclic amines) is 1. The summed E-state index contributed by atoms with van der Waals surface area (Å²) in [5, 5.41) is 11.9. The number of urea groups is 1. The van der Waals surface area contributed by atoms with Crippen LogP contribution in [0.4, 0.5) is 4.79 Å². The average molecular weight is 282 g/mol. The van der Waals surface area contributed by atoms with Gasteiger partial charge < -0.3 is 15.3 Å². The molecule has 2 amide bonds. The Bertz CT molecular complexity index is 370. The predicted octanol–water partition coefficient (Wildman–Crippen LogP) is 2.46. The van der Waals surface area contributed by atoms with Gasteiger partial charge in [-0.2, -0.15) is 0 Å². The fourth-order valence-corrected chi connectivity index (χ4v) is 3.63. The third-order valence-corrected chi connectivity index (χ3v) is 4.56. The highest BCUT2D eigenvalue weighted by Gasteiger charge is 2.38. The van der Waals surface area contributed by atoms with Crippen LogP contribution in [0.2, 0.25) is 0 Å². The number of hydrogen-bond acceptors (Lipinski definition) is 2. The van der Waals surface area contributed by atoms with Gasteiger partial charge in [-0.25, -0.2) is 9.59 Å². The maximum atomic E-state index is 12.4. The minimum atomic E-state index is -0.938. The molecule has 5 nitrogen and oxygen atoms in total. The van der Waals surface area contributed by atoms with Crippen LogP contribution in [0.15, 0.2) is 0 Å². The molecular weight excluding hydrogens is 256 g/mol. The van der Waals surface area contributed by atoms with Crippen LogP contribution >= 0.6 is 0 Å². The molecule has 1 heterocycles. The Balaban J connectivity index is 1.97. The Morgan fingerprint density at radius 3 is 2.60 bits per heavy atom. The second-order valence-corrected chi connectivity index (χ2v) is 6.56. The Labute approximate surface area is 120 Å². The minimum absolute atomic E-state index is 0.186. The molecule has 2 fully saturated rings. The number of carboxylic acids is 1. The van der Waals surface area contributed by atoms with E-state index in [4.69, 9.17) is 0 Å². The number of amides is 2. The molecule has 0 aromatic carbocycles. The summed E-state index contributed by atoms with van der Waals surface area (Å²) in [6.45, 7) is 4.70. The zero-order chi connectivity index (χ0) is 14.7. The summed E-state index contributed by atoms with van der Waals surface area (Å²) in [5.74, 6) is -0.0631. The number of nitrogens with zero attached hydrogens (tertiary/aromatic N) is 1. The number of carboxylic acid groups (broad SMARTS) is 1. The molecule has 1 saturated carbocycles. The van der Waals surface area contributed by atoms with E-state index in [1.54, 1.807) is 0 Å². The summed E-state index contributed by atoms with van der Waals surface area (Å²) in [7, 11) is 0. The molecule has 2 aliphatic rings. The first-order chi connectivity index (χ1) is 9.49. The molecule has 2 N–H and O–H groups in total. The van der Waals surface area contributed by atoms with Crippen molar-refractivity contribution in [1.29, 1.82) is 0 Å². The Kier molecular flexibility index (Phi) is 4.89. The van der Waals surface area contributed by atoms with Crippen molar-refractivity contribution in [2.45, 2.75) is 64.5 Å². The van der Waals surface area contributed by atoms with E-state index in [0.29, 0.717) is 18.4 Å². The van der Waals surface area contributed by atoms with Crippen LogP contribution in [-0.2, 0) is 4.79 Å². The number of carbonyl (C=O) groups excluding carboxylic acids is 1. The first-order valence-electron chi connectivity index (χ1n) is 7.79. The minimum Gasteiger partial charge on any atom is -0.480 e. The fourth-order valence-electron chi connectivity index (χ4n) is 3.63. The number of rotatable bonds is 4. The molecule has 2 unspecified atom stereocenters. The van der Waals surface area contributed by atoms with Gasteiger partial charge >= 0.3 is 12.0 Å². The van der Waals surface area contributed by atoms with E-state index in [1.807, 2.05) is 18.7 Å². The van der Waals surface area contributed by atoms with Crippen LogP contribution in [0.1, 0.15) is 52.4 Å². The summed E-state index contributed by atoms with van der Waals surface area (Å²) in [4.78, 5) is 25.5. The Morgan fingerprint density at radius 2 is 1.95 bits per heavy atom. The van der Waals surface area contributed by atoms with E-state index in [2.05, 4.69) is 5.32 Å². The molecule has 2 rings (SSSR count). The summed E-state index contributed by atoms with van der Waals surface area (Å²) in [5.41, 5.74) is 0. The van der Waals surface area contributed by atoms with E-state index in [9.17, 15) is 14.7 Å². The molecule has 5 heteroatoms.